The number of benzene rings is 2. The summed E-state index contributed by atoms with van der Waals surface area (Å²) in [5, 5.41) is 7.02. The van der Waals surface area contributed by atoms with E-state index in [4.69, 9.17) is 21.2 Å². The van der Waals surface area contributed by atoms with Crippen molar-refractivity contribution in [2.75, 3.05) is 12.4 Å². The number of rotatable bonds is 6. The van der Waals surface area contributed by atoms with Crippen LogP contribution in [0, 0.1) is 0 Å². The Morgan fingerprint density at radius 1 is 1.26 bits per heavy atom. The highest BCUT2D eigenvalue weighted by molar-refractivity contribution is 6.31. The van der Waals surface area contributed by atoms with E-state index in [1.165, 1.54) is 7.11 Å². The SMILES string of the molecule is COc1ccc(Cl)cc1NC(=O)[C@H](C)O/N=C\c1ccccc1. The third-order valence-corrected chi connectivity index (χ3v) is 3.24. The van der Waals surface area contributed by atoms with Gasteiger partial charge in [-0.25, -0.2) is 0 Å². The number of amides is 1. The first-order chi connectivity index (χ1) is 11.1. The Morgan fingerprint density at radius 3 is 2.70 bits per heavy atom. The fourth-order valence-corrected chi connectivity index (χ4v) is 1.95. The summed E-state index contributed by atoms with van der Waals surface area (Å²) in [5.74, 6) is 0.165. The molecule has 23 heavy (non-hydrogen) atoms. The van der Waals surface area contributed by atoms with Crippen molar-refractivity contribution >= 4 is 29.4 Å². The Hall–Kier alpha value is -2.53. The zero-order chi connectivity index (χ0) is 16.7. The standard InChI is InChI=1S/C17H17ClN2O3/c1-12(23-19-11-13-6-4-3-5-7-13)17(21)20-15-10-14(18)8-9-16(15)22-2/h3-12H,1-2H3,(H,20,21)/b19-11-/t12-/m0/s1. The normalized spacial score (nSPS) is 12.0. The maximum Gasteiger partial charge on any atom is 0.268 e. The Morgan fingerprint density at radius 2 is 2.00 bits per heavy atom. The number of methoxy groups -OCH3 is 1. The Kier molecular flexibility index (Phi) is 6.00. The molecule has 6 heteroatoms. The highest BCUT2D eigenvalue weighted by Crippen LogP contribution is 2.27. The molecule has 0 bridgehead atoms. The van der Waals surface area contributed by atoms with Crippen molar-refractivity contribution in [3.63, 3.8) is 0 Å². The van der Waals surface area contributed by atoms with Crippen LogP contribution in [0.5, 0.6) is 5.75 Å². The summed E-state index contributed by atoms with van der Waals surface area (Å²) >= 11 is 5.93. The van der Waals surface area contributed by atoms with Gasteiger partial charge in [-0.3, -0.25) is 4.79 Å². The van der Waals surface area contributed by atoms with Crippen LogP contribution >= 0.6 is 11.6 Å². The predicted molar refractivity (Wildman–Crippen MR) is 91.2 cm³/mol. The molecule has 0 spiro atoms. The topological polar surface area (TPSA) is 59.9 Å². The van der Waals surface area contributed by atoms with Crippen LogP contribution in [0.1, 0.15) is 12.5 Å². The third-order valence-electron chi connectivity index (χ3n) is 3.01. The number of hydrogen-bond acceptors (Lipinski definition) is 4. The van der Waals surface area contributed by atoms with Crippen LogP contribution in [-0.4, -0.2) is 25.3 Å². The van der Waals surface area contributed by atoms with Gasteiger partial charge in [-0.05, 0) is 30.7 Å². The van der Waals surface area contributed by atoms with Crippen LogP contribution < -0.4 is 10.1 Å². The van der Waals surface area contributed by atoms with Gasteiger partial charge < -0.3 is 14.9 Å². The molecule has 0 aliphatic rings. The van der Waals surface area contributed by atoms with Crippen LogP contribution in [0.15, 0.2) is 53.7 Å². The molecule has 0 aromatic heterocycles. The van der Waals surface area contributed by atoms with Crippen molar-refractivity contribution < 1.29 is 14.4 Å². The summed E-state index contributed by atoms with van der Waals surface area (Å²) < 4.78 is 5.18. The lowest BCUT2D eigenvalue weighted by atomic mass is 10.2. The van der Waals surface area contributed by atoms with E-state index >= 15 is 0 Å². The smallest absolute Gasteiger partial charge is 0.268 e. The molecule has 2 aromatic carbocycles. The number of ether oxygens (including phenoxy) is 1. The molecular formula is C17H17ClN2O3. The summed E-state index contributed by atoms with van der Waals surface area (Å²) in [6, 6.07) is 14.4. The number of halogens is 1. The zero-order valence-electron chi connectivity index (χ0n) is 12.8. The van der Waals surface area contributed by atoms with E-state index in [0.717, 1.165) is 5.56 Å². The fourth-order valence-electron chi connectivity index (χ4n) is 1.78. The lowest BCUT2D eigenvalue weighted by molar-refractivity contribution is -0.126. The van der Waals surface area contributed by atoms with Gasteiger partial charge in [0.1, 0.15) is 5.75 Å². The van der Waals surface area contributed by atoms with Gasteiger partial charge in [-0.15, -0.1) is 0 Å². The summed E-state index contributed by atoms with van der Waals surface area (Å²) in [6.07, 6.45) is 0.780. The highest BCUT2D eigenvalue weighted by atomic mass is 35.5. The van der Waals surface area contributed by atoms with Crippen molar-refractivity contribution in [2.24, 2.45) is 5.16 Å². The van der Waals surface area contributed by atoms with Crippen LogP contribution in [0.2, 0.25) is 5.02 Å². The van der Waals surface area contributed by atoms with Gasteiger partial charge >= 0.3 is 0 Å². The van der Waals surface area contributed by atoms with E-state index in [1.807, 2.05) is 30.3 Å². The molecule has 1 N–H and O–H groups in total. The molecule has 2 rings (SSSR count). The number of nitrogens with one attached hydrogen (secondary N) is 1. The second-order valence-corrected chi connectivity index (χ2v) is 5.16. The van der Waals surface area contributed by atoms with Gasteiger partial charge in [-0.1, -0.05) is 47.1 Å². The van der Waals surface area contributed by atoms with Crippen molar-refractivity contribution in [1.29, 1.82) is 0 Å². The molecule has 1 atom stereocenters. The fraction of sp³-hybridized carbons (Fsp3) is 0.176. The number of oxime groups is 1. The summed E-state index contributed by atoms with van der Waals surface area (Å²) in [7, 11) is 1.52. The molecule has 0 saturated heterocycles. The van der Waals surface area contributed by atoms with Gasteiger partial charge in [-0.2, -0.15) is 0 Å². The van der Waals surface area contributed by atoms with Gasteiger partial charge in [0.2, 0.25) is 6.10 Å². The molecule has 0 saturated carbocycles. The molecule has 0 heterocycles. The van der Waals surface area contributed by atoms with Crippen molar-refractivity contribution in [1.82, 2.24) is 0 Å². The molecule has 2 aromatic rings. The second kappa shape index (κ2) is 8.19. The average molecular weight is 333 g/mol. The molecule has 120 valence electrons. The number of carbonyl (C=O) groups is 1. The quantitative estimate of drug-likeness (QED) is 0.647. The first-order valence-corrected chi connectivity index (χ1v) is 7.36. The average Bonchev–Trinajstić information content (AvgIpc) is 2.56. The van der Waals surface area contributed by atoms with Crippen LogP contribution in [-0.2, 0) is 9.63 Å². The van der Waals surface area contributed by atoms with E-state index in [2.05, 4.69) is 10.5 Å². The largest absolute Gasteiger partial charge is 0.495 e. The summed E-state index contributed by atoms with van der Waals surface area (Å²) in [4.78, 5) is 17.3. The molecule has 5 nitrogen and oxygen atoms in total. The molecule has 0 aliphatic heterocycles. The molecule has 1 amide bonds. The molecule has 0 fully saturated rings. The minimum atomic E-state index is -0.765. The van der Waals surface area contributed by atoms with Crippen LogP contribution in [0.4, 0.5) is 5.69 Å². The highest BCUT2D eigenvalue weighted by Gasteiger charge is 2.16. The number of hydrogen-bond donors (Lipinski definition) is 1. The first-order valence-electron chi connectivity index (χ1n) is 6.99. The van der Waals surface area contributed by atoms with E-state index in [0.29, 0.717) is 16.5 Å². The van der Waals surface area contributed by atoms with E-state index < -0.39 is 6.10 Å². The van der Waals surface area contributed by atoms with Gasteiger partial charge in [0, 0.05) is 5.02 Å². The summed E-state index contributed by atoms with van der Waals surface area (Å²) in [5.41, 5.74) is 1.36. The number of anilines is 1. The van der Waals surface area contributed by atoms with Crippen molar-refractivity contribution in [3.05, 3.63) is 59.1 Å². The minimum Gasteiger partial charge on any atom is -0.495 e. The second-order valence-electron chi connectivity index (χ2n) is 4.73. The van der Waals surface area contributed by atoms with E-state index in [-0.39, 0.29) is 5.91 Å². The first kappa shape index (κ1) is 16.8. The molecule has 0 unspecified atom stereocenters. The van der Waals surface area contributed by atoms with Crippen molar-refractivity contribution in [3.8, 4) is 5.75 Å². The number of carbonyl (C=O) groups excluding carboxylic acids is 1. The van der Waals surface area contributed by atoms with Crippen LogP contribution in [0.25, 0.3) is 0 Å². The maximum absolute atomic E-state index is 12.1. The van der Waals surface area contributed by atoms with Gasteiger partial charge in [0.05, 0.1) is 19.0 Å². The lowest BCUT2D eigenvalue weighted by Gasteiger charge is -2.13. The van der Waals surface area contributed by atoms with E-state index in [1.54, 1.807) is 31.3 Å². The zero-order valence-corrected chi connectivity index (χ0v) is 13.6. The number of nitrogens with zero attached hydrogens (tertiary/aromatic N) is 1. The van der Waals surface area contributed by atoms with Gasteiger partial charge in [0.15, 0.2) is 0 Å². The van der Waals surface area contributed by atoms with E-state index in [9.17, 15) is 4.79 Å². The lowest BCUT2D eigenvalue weighted by Crippen LogP contribution is -2.26. The summed E-state index contributed by atoms with van der Waals surface area (Å²) in [6.45, 7) is 1.61. The van der Waals surface area contributed by atoms with Gasteiger partial charge in [0.25, 0.3) is 5.91 Å². The maximum atomic E-state index is 12.1. The Labute approximate surface area is 139 Å². The monoisotopic (exact) mass is 332 g/mol. The predicted octanol–water partition coefficient (Wildman–Crippen LogP) is 3.73. The van der Waals surface area contributed by atoms with Crippen LogP contribution in [0.3, 0.4) is 0 Å². The molecular weight excluding hydrogens is 316 g/mol. The Balaban J connectivity index is 1.95. The third kappa shape index (κ3) is 5.00. The Bertz CT molecular complexity index is 689. The minimum absolute atomic E-state index is 0.351. The van der Waals surface area contributed by atoms with Crippen molar-refractivity contribution in [2.45, 2.75) is 13.0 Å². The molecule has 0 aliphatic carbocycles. The molecule has 0 radical (unpaired) electrons.